The SMILES string of the molecule is Cc1cccc(C(NC(=O)c2c(C)coc2CC(=O)O)C(C)(C)C)c1. The summed E-state index contributed by atoms with van der Waals surface area (Å²) in [7, 11) is 0. The average Bonchev–Trinajstić information content (AvgIpc) is 2.83. The number of hydrogen-bond donors (Lipinski definition) is 2. The summed E-state index contributed by atoms with van der Waals surface area (Å²) in [6, 6.07) is 7.80. The number of carboxylic acid groups (broad SMARTS) is 1. The van der Waals surface area contributed by atoms with Crippen molar-refractivity contribution in [3.63, 3.8) is 0 Å². The fraction of sp³-hybridized carbons (Fsp3) is 0.400. The number of benzene rings is 1. The Balaban J connectivity index is 2.36. The molecule has 0 aliphatic rings. The van der Waals surface area contributed by atoms with Gasteiger partial charge in [0.15, 0.2) is 0 Å². The first-order valence-electron chi connectivity index (χ1n) is 8.25. The van der Waals surface area contributed by atoms with E-state index in [-0.39, 0.29) is 29.5 Å². The molecule has 2 aromatic rings. The van der Waals surface area contributed by atoms with Crippen LogP contribution in [-0.4, -0.2) is 17.0 Å². The minimum absolute atomic E-state index is 0.180. The van der Waals surface area contributed by atoms with Crippen LogP contribution in [0.2, 0.25) is 0 Å². The topological polar surface area (TPSA) is 79.5 Å². The van der Waals surface area contributed by atoms with Crippen LogP contribution < -0.4 is 5.32 Å². The lowest BCUT2D eigenvalue weighted by molar-refractivity contribution is -0.136. The maximum absolute atomic E-state index is 12.9. The highest BCUT2D eigenvalue weighted by Crippen LogP contribution is 2.33. The number of rotatable bonds is 5. The van der Waals surface area contributed by atoms with Crippen molar-refractivity contribution >= 4 is 11.9 Å². The molecule has 134 valence electrons. The fourth-order valence-electron chi connectivity index (χ4n) is 2.92. The molecule has 5 nitrogen and oxygen atoms in total. The maximum Gasteiger partial charge on any atom is 0.311 e. The largest absolute Gasteiger partial charge is 0.481 e. The Kier molecular flexibility index (Phi) is 5.36. The van der Waals surface area contributed by atoms with E-state index >= 15 is 0 Å². The number of aliphatic carboxylic acids is 1. The van der Waals surface area contributed by atoms with Gasteiger partial charge in [0, 0.05) is 5.56 Å². The van der Waals surface area contributed by atoms with Gasteiger partial charge in [0.2, 0.25) is 0 Å². The highest BCUT2D eigenvalue weighted by atomic mass is 16.4. The number of carbonyl (C=O) groups is 2. The number of aryl methyl sites for hydroxylation is 2. The van der Waals surface area contributed by atoms with Crippen LogP contribution >= 0.6 is 0 Å². The van der Waals surface area contributed by atoms with Gasteiger partial charge in [-0.2, -0.15) is 0 Å². The second kappa shape index (κ2) is 7.13. The number of carboxylic acids is 1. The van der Waals surface area contributed by atoms with E-state index in [1.165, 1.54) is 6.26 Å². The molecule has 5 heteroatoms. The van der Waals surface area contributed by atoms with Crippen molar-refractivity contribution in [3.8, 4) is 0 Å². The predicted molar refractivity (Wildman–Crippen MR) is 95.6 cm³/mol. The van der Waals surface area contributed by atoms with Gasteiger partial charge in [-0.1, -0.05) is 50.6 Å². The number of nitrogens with one attached hydrogen (secondary N) is 1. The zero-order valence-corrected chi connectivity index (χ0v) is 15.3. The lowest BCUT2D eigenvalue weighted by Gasteiger charge is -2.32. The molecule has 1 heterocycles. The summed E-state index contributed by atoms with van der Waals surface area (Å²) in [5.41, 5.74) is 2.86. The van der Waals surface area contributed by atoms with Crippen molar-refractivity contribution in [1.82, 2.24) is 5.32 Å². The van der Waals surface area contributed by atoms with Crippen molar-refractivity contribution in [2.75, 3.05) is 0 Å². The first kappa shape index (κ1) is 18.8. The van der Waals surface area contributed by atoms with Crippen molar-refractivity contribution in [1.29, 1.82) is 0 Å². The highest BCUT2D eigenvalue weighted by molar-refractivity contribution is 5.97. The number of amides is 1. The van der Waals surface area contributed by atoms with Crippen LogP contribution in [0.4, 0.5) is 0 Å². The number of hydrogen-bond acceptors (Lipinski definition) is 3. The highest BCUT2D eigenvalue weighted by Gasteiger charge is 2.30. The first-order chi connectivity index (χ1) is 11.6. The third-order valence-electron chi connectivity index (χ3n) is 4.11. The van der Waals surface area contributed by atoms with Crippen molar-refractivity contribution in [2.45, 2.75) is 47.1 Å². The molecule has 1 aromatic carbocycles. The van der Waals surface area contributed by atoms with Gasteiger partial charge in [-0.25, -0.2) is 0 Å². The second-order valence-electron chi connectivity index (χ2n) is 7.47. The molecule has 1 unspecified atom stereocenters. The summed E-state index contributed by atoms with van der Waals surface area (Å²) < 4.78 is 5.28. The first-order valence-corrected chi connectivity index (χ1v) is 8.25. The zero-order valence-electron chi connectivity index (χ0n) is 15.3. The van der Waals surface area contributed by atoms with E-state index in [9.17, 15) is 9.59 Å². The van der Waals surface area contributed by atoms with Gasteiger partial charge in [-0.05, 0) is 24.8 Å². The molecule has 0 saturated heterocycles. The molecule has 0 spiro atoms. The third-order valence-corrected chi connectivity index (χ3v) is 4.11. The Morgan fingerprint density at radius 3 is 2.48 bits per heavy atom. The summed E-state index contributed by atoms with van der Waals surface area (Å²) in [6.07, 6.45) is 1.10. The minimum Gasteiger partial charge on any atom is -0.481 e. The van der Waals surface area contributed by atoms with Crippen molar-refractivity contribution < 1.29 is 19.1 Å². The van der Waals surface area contributed by atoms with E-state index in [0.29, 0.717) is 11.1 Å². The molecule has 0 bridgehead atoms. The summed E-state index contributed by atoms with van der Waals surface area (Å²) in [4.78, 5) is 23.9. The van der Waals surface area contributed by atoms with E-state index in [4.69, 9.17) is 9.52 Å². The van der Waals surface area contributed by atoms with Crippen molar-refractivity contribution in [2.24, 2.45) is 5.41 Å². The molecular formula is C20H25NO4. The van der Waals surface area contributed by atoms with Gasteiger partial charge >= 0.3 is 5.97 Å². The van der Waals surface area contributed by atoms with Crippen LogP contribution in [0.15, 0.2) is 34.9 Å². The molecule has 0 saturated carbocycles. The molecule has 0 radical (unpaired) electrons. The Hall–Kier alpha value is -2.56. The molecule has 0 fully saturated rings. The molecule has 0 aliphatic carbocycles. The van der Waals surface area contributed by atoms with Crippen molar-refractivity contribution in [3.05, 3.63) is 58.5 Å². The van der Waals surface area contributed by atoms with Crippen LogP contribution in [0.5, 0.6) is 0 Å². The number of carbonyl (C=O) groups excluding carboxylic acids is 1. The summed E-state index contributed by atoms with van der Waals surface area (Å²) in [5.74, 6) is -1.17. The third kappa shape index (κ3) is 4.50. The number of furan rings is 1. The Morgan fingerprint density at radius 2 is 1.92 bits per heavy atom. The molecule has 1 aromatic heterocycles. The quantitative estimate of drug-likeness (QED) is 0.858. The van der Waals surface area contributed by atoms with Crippen LogP contribution in [0.25, 0.3) is 0 Å². The lowest BCUT2D eigenvalue weighted by atomic mass is 9.81. The van der Waals surface area contributed by atoms with E-state index in [2.05, 4.69) is 32.2 Å². The smallest absolute Gasteiger partial charge is 0.311 e. The predicted octanol–water partition coefficient (Wildman–Crippen LogP) is 4.04. The molecular weight excluding hydrogens is 318 g/mol. The monoisotopic (exact) mass is 343 g/mol. The van der Waals surface area contributed by atoms with Gasteiger partial charge in [0.05, 0.1) is 17.9 Å². The standard InChI is InChI=1S/C20H25NO4/c1-12-7-6-8-14(9-12)18(20(3,4)5)21-19(24)17-13(2)11-25-15(17)10-16(22)23/h6-9,11,18H,10H2,1-5H3,(H,21,24)(H,22,23). The molecule has 25 heavy (non-hydrogen) atoms. The Morgan fingerprint density at radius 1 is 1.24 bits per heavy atom. The van der Waals surface area contributed by atoms with Crippen LogP contribution in [-0.2, 0) is 11.2 Å². The van der Waals surface area contributed by atoms with Crippen LogP contribution in [0.1, 0.15) is 59.6 Å². The van der Waals surface area contributed by atoms with Crippen LogP contribution in [0, 0.1) is 19.3 Å². The van der Waals surface area contributed by atoms with E-state index < -0.39 is 5.97 Å². The van der Waals surface area contributed by atoms with Gasteiger partial charge in [0.25, 0.3) is 5.91 Å². The molecule has 1 amide bonds. The molecule has 0 aliphatic heterocycles. The Bertz CT molecular complexity index is 783. The van der Waals surface area contributed by atoms with Gasteiger partial charge in [-0.3, -0.25) is 9.59 Å². The molecule has 1 atom stereocenters. The lowest BCUT2D eigenvalue weighted by Crippen LogP contribution is -2.37. The van der Waals surface area contributed by atoms with Gasteiger partial charge in [-0.15, -0.1) is 0 Å². The van der Waals surface area contributed by atoms with E-state index in [0.717, 1.165) is 11.1 Å². The average molecular weight is 343 g/mol. The Labute approximate surface area is 148 Å². The normalized spacial score (nSPS) is 12.7. The second-order valence-corrected chi connectivity index (χ2v) is 7.47. The van der Waals surface area contributed by atoms with Gasteiger partial charge in [0.1, 0.15) is 12.2 Å². The molecule has 2 N–H and O–H groups in total. The van der Waals surface area contributed by atoms with E-state index in [1.54, 1.807) is 6.92 Å². The molecule has 2 rings (SSSR count). The minimum atomic E-state index is -1.03. The maximum atomic E-state index is 12.9. The summed E-state index contributed by atoms with van der Waals surface area (Å²) in [5, 5.41) is 12.1. The van der Waals surface area contributed by atoms with Crippen LogP contribution in [0.3, 0.4) is 0 Å². The zero-order chi connectivity index (χ0) is 18.8. The fourth-order valence-corrected chi connectivity index (χ4v) is 2.92. The van der Waals surface area contributed by atoms with E-state index in [1.807, 2.05) is 25.1 Å². The summed E-state index contributed by atoms with van der Waals surface area (Å²) >= 11 is 0. The van der Waals surface area contributed by atoms with Gasteiger partial charge < -0.3 is 14.8 Å². The summed E-state index contributed by atoms with van der Waals surface area (Å²) in [6.45, 7) is 9.92.